The van der Waals surface area contributed by atoms with E-state index in [4.69, 9.17) is 5.73 Å². The van der Waals surface area contributed by atoms with Gasteiger partial charge in [-0.1, -0.05) is 24.3 Å². The molecule has 0 radical (unpaired) electrons. The Balaban J connectivity index is 1.74. The summed E-state index contributed by atoms with van der Waals surface area (Å²) in [6.45, 7) is 6.04. The van der Waals surface area contributed by atoms with Crippen molar-refractivity contribution in [2.75, 3.05) is 19.6 Å². The van der Waals surface area contributed by atoms with Gasteiger partial charge in [0.1, 0.15) is 6.04 Å². The molecule has 26 heavy (non-hydrogen) atoms. The molecule has 0 bridgehead atoms. The minimum Gasteiger partial charge on any atom is -0.353 e. The Morgan fingerprint density at radius 2 is 2.00 bits per heavy atom. The molecule has 2 amide bonds. The van der Waals surface area contributed by atoms with Gasteiger partial charge in [0.2, 0.25) is 11.8 Å². The molecule has 1 heterocycles. The molecule has 3 rings (SSSR count). The summed E-state index contributed by atoms with van der Waals surface area (Å²) in [6.07, 6.45) is 3.09. The maximum atomic E-state index is 12.5. The molecule has 2 atom stereocenters. The Kier molecular flexibility index (Phi) is 5.94. The topological polar surface area (TPSA) is 78.7 Å². The van der Waals surface area contributed by atoms with Crippen molar-refractivity contribution < 1.29 is 9.59 Å². The lowest BCUT2D eigenvalue weighted by molar-refractivity contribution is -0.136. The van der Waals surface area contributed by atoms with Crippen LogP contribution in [-0.2, 0) is 16.1 Å². The summed E-state index contributed by atoms with van der Waals surface area (Å²) in [6, 6.07) is 8.85. The highest BCUT2D eigenvalue weighted by molar-refractivity contribution is 5.87. The first-order valence-electron chi connectivity index (χ1n) is 9.56. The first kappa shape index (κ1) is 18.9. The van der Waals surface area contributed by atoms with Crippen LogP contribution in [0.15, 0.2) is 24.3 Å². The van der Waals surface area contributed by atoms with Crippen molar-refractivity contribution in [1.82, 2.24) is 15.1 Å². The number of carbonyl (C=O) groups excluding carboxylic acids is 2. The Morgan fingerprint density at radius 1 is 1.27 bits per heavy atom. The number of nitrogens with one attached hydrogen (secondary N) is 1. The van der Waals surface area contributed by atoms with E-state index in [1.165, 1.54) is 24.0 Å². The minimum atomic E-state index is -0.387. The smallest absolute Gasteiger partial charge is 0.242 e. The number of nitrogens with zero attached hydrogens (tertiary/aromatic N) is 2. The fraction of sp³-hybridized carbons (Fsp3) is 0.600. The van der Waals surface area contributed by atoms with Gasteiger partial charge < -0.3 is 16.0 Å². The fourth-order valence-electron chi connectivity index (χ4n) is 3.91. The van der Waals surface area contributed by atoms with E-state index >= 15 is 0 Å². The van der Waals surface area contributed by atoms with Gasteiger partial charge in [0, 0.05) is 45.2 Å². The van der Waals surface area contributed by atoms with Crippen molar-refractivity contribution >= 4 is 11.8 Å². The van der Waals surface area contributed by atoms with Crippen LogP contribution in [0.1, 0.15) is 37.3 Å². The molecule has 1 aliphatic heterocycles. The summed E-state index contributed by atoms with van der Waals surface area (Å²) in [4.78, 5) is 28.8. The zero-order valence-corrected chi connectivity index (χ0v) is 15.8. The third kappa shape index (κ3) is 4.24. The average molecular weight is 358 g/mol. The van der Waals surface area contributed by atoms with Crippen LogP contribution >= 0.6 is 0 Å². The standard InChI is InChI=1S/C20H30N4O2/c1-14-5-3-4-6-16(14)12-24(17-7-8-17)18-11-19(20(26)22-10-9-21)23(13-18)15(2)25/h3-6,17-19H,7-13,21H2,1-2H3,(H,22,26). The molecular weight excluding hydrogens is 328 g/mol. The third-order valence-electron chi connectivity index (χ3n) is 5.53. The Hall–Kier alpha value is -1.92. The summed E-state index contributed by atoms with van der Waals surface area (Å²) in [7, 11) is 0. The fourth-order valence-corrected chi connectivity index (χ4v) is 3.91. The van der Waals surface area contributed by atoms with Gasteiger partial charge in [0.25, 0.3) is 0 Å². The van der Waals surface area contributed by atoms with Gasteiger partial charge in [-0.25, -0.2) is 0 Å². The number of amides is 2. The first-order valence-corrected chi connectivity index (χ1v) is 9.56. The van der Waals surface area contributed by atoms with Crippen molar-refractivity contribution in [2.24, 2.45) is 5.73 Å². The monoisotopic (exact) mass is 358 g/mol. The lowest BCUT2D eigenvalue weighted by Crippen LogP contribution is -2.46. The number of rotatable bonds is 7. The molecular formula is C20H30N4O2. The van der Waals surface area contributed by atoms with Crippen LogP contribution in [0.5, 0.6) is 0 Å². The predicted molar refractivity (Wildman–Crippen MR) is 101 cm³/mol. The van der Waals surface area contributed by atoms with Crippen molar-refractivity contribution in [3.8, 4) is 0 Å². The summed E-state index contributed by atoms with van der Waals surface area (Å²) < 4.78 is 0. The number of likely N-dealkylation sites (tertiary alicyclic amines) is 1. The van der Waals surface area contributed by atoms with E-state index in [9.17, 15) is 9.59 Å². The Morgan fingerprint density at radius 3 is 2.62 bits per heavy atom. The summed E-state index contributed by atoms with van der Waals surface area (Å²) >= 11 is 0. The molecule has 1 aromatic rings. The quantitative estimate of drug-likeness (QED) is 0.763. The molecule has 2 aliphatic rings. The zero-order valence-electron chi connectivity index (χ0n) is 15.8. The van der Waals surface area contributed by atoms with E-state index in [0.29, 0.717) is 32.1 Å². The molecule has 1 aromatic carbocycles. The number of nitrogens with two attached hydrogens (primary N) is 1. The molecule has 142 valence electrons. The van der Waals surface area contributed by atoms with Crippen LogP contribution in [0, 0.1) is 6.92 Å². The van der Waals surface area contributed by atoms with Crippen molar-refractivity contribution in [1.29, 1.82) is 0 Å². The molecule has 0 spiro atoms. The minimum absolute atomic E-state index is 0.0352. The van der Waals surface area contributed by atoms with Crippen LogP contribution in [0.25, 0.3) is 0 Å². The molecule has 2 fully saturated rings. The first-order chi connectivity index (χ1) is 12.5. The Labute approximate surface area is 155 Å². The van der Waals surface area contributed by atoms with Gasteiger partial charge in [-0.3, -0.25) is 14.5 Å². The lowest BCUT2D eigenvalue weighted by Gasteiger charge is -2.29. The van der Waals surface area contributed by atoms with Gasteiger partial charge in [-0.05, 0) is 37.3 Å². The number of benzene rings is 1. The van der Waals surface area contributed by atoms with Crippen LogP contribution in [0.2, 0.25) is 0 Å². The molecule has 1 aliphatic carbocycles. The highest BCUT2D eigenvalue weighted by Crippen LogP contribution is 2.35. The number of carbonyl (C=O) groups is 2. The van der Waals surface area contributed by atoms with Crippen molar-refractivity contribution in [2.45, 2.75) is 57.8 Å². The van der Waals surface area contributed by atoms with E-state index in [-0.39, 0.29) is 23.9 Å². The molecule has 0 aromatic heterocycles. The number of hydrogen-bond acceptors (Lipinski definition) is 4. The predicted octanol–water partition coefficient (Wildman–Crippen LogP) is 1.02. The normalized spacial score (nSPS) is 22.7. The van der Waals surface area contributed by atoms with Crippen LogP contribution in [0.3, 0.4) is 0 Å². The summed E-state index contributed by atoms with van der Waals surface area (Å²) in [5.41, 5.74) is 8.10. The molecule has 1 saturated heterocycles. The highest BCUT2D eigenvalue weighted by Gasteiger charge is 2.44. The lowest BCUT2D eigenvalue weighted by atomic mass is 10.1. The van der Waals surface area contributed by atoms with Crippen LogP contribution in [0.4, 0.5) is 0 Å². The second-order valence-electron chi connectivity index (χ2n) is 7.49. The van der Waals surface area contributed by atoms with E-state index in [1.807, 2.05) is 0 Å². The van der Waals surface area contributed by atoms with Crippen LogP contribution < -0.4 is 11.1 Å². The van der Waals surface area contributed by atoms with E-state index in [2.05, 4.69) is 41.4 Å². The summed E-state index contributed by atoms with van der Waals surface area (Å²) in [5.74, 6) is -0.119. The molecule has 6 nitrogen and oxygen atoms in total. The van der Waals surface area contributed by atoms with Gasteiger partial charge in [0.05, 0.1) is 0 Å². The number of hydrogen-bond donors (Lipinski definition) is 2. The van der Waals surface area contributed by atoms with Crippen LogP contribution in [-0.4, -0.2) is 59.4 Å². The maximum Gasteiger partial charge on any atom is 0.242 e. The number of aryl methyl sites for hydroxylation is 1. The van der Waals surface area contributed by atoms with Gasteiger partial charge in [-0.2, -0.15) is 0 Å². The third-order valence-corrected chi connectivity index (χ3v) is 5.53. The van der Waals surface area contributed by atoms with Gasteiger partial charge in [-0.15, -0.1) is 0 Å². The van der Waals surface area contributed by atoms with E-state index in [0.717, 1.165) is 6.54 Å². The van der Waals surface area contributed by atoms with E-state index in [1.54, 1.807) is 11.8 Å². The highest BCUT2D eigenvalue weighted by atomic mass is 16.2. The van der Waals surface area contributed by atoms with Gasteiger partial charge in [0.15, 0.2) is 0 Å². The molecule has 2 unspecified atom stereocenters. The second-order valence-corrected chi connectivity index (χ2v) is 7.49. The van der Waals surface area contributed by atoms with E-state index < -0.39 is 0 Å². The SMILES string of the molecule is CC(=O)N1CC(N(Cc2ccccc2C)C2CC2)CC1C(=O)NCCN. The molecule has 3 N–H and O–H groups in total. The largest absolute Gasteiger partial charge is 0.353 e. The molecule has 6 heteroatoms. The zero-order chi connectivity index (χ0) is 18.7. The second kappa shape index (κ2) is 8.18. The van der Waals surface area contributed by atoms with Crippen molar-refractivity contribution in [3.05, 3.63) is 35.4 Å². The maximum absolute atomic E-state index is 12.5. The average Bonchev–Trinajstić information content (AvgIpc) is 3.36. The van der Waals surface area contributed by atoms with Gasteiger partial charge >= 0.3 is 0 Å². The summed E-state index contributed by atoms with van der Waals surface area (Å²) in [5, 5.41) is 2.85. The van der Waals surface area contributed by atoms with Crippen molar-refractivity contribution in [3.63, 3.8) is 0 Å². The molecule has 1 saturated carbocycles. The Bertz CT molecular complexity index is 659.